The van der Waals surface area contributed by atoms with Crippen molar-refractivity contribution in [3.05, 3.63) is 33.9 Å². The summed E-state index contributed by atoms with van der Waals surface area (Å²) in [6.07, 6.45) is -0.541. The quantitative estimate of drug-likeness (QED) is 0.629. The molecule has 6 nitrogen and oxygen atoms in total. The third-order valence-electron chi connectivity index (χ3n) is 3.21. The average Bonchev–Trinajstić information content (AvgIpc) is 2.37. The number of morpholine rings is 1. The van der Waals surface area contributed by atoms with E-state index >= 15 is 0 Å². The third kappa shape index (κ3) is 3.45. The molecule has 1 fully saturated rings. The lowest BCUT2D eigenvalue weighted by atomic mass is 10.1. The minimum absolute atomic E-state index is 0.229. The van der Waals surface area contributed by atoms with Gasteiger partial charge in [-0.15, -0.1) is 0 Å². The number of hydrogen-bond acceptors (Lipinski definition) is 5. The SMILES string of the molecule is COCC1CN(c2c(F)cc([N+](=O)[O-])cc2F)CC(C)O1. The van der Waals surface area contributed by atoms with E-state index in [9.17, 15) is 18.9 Å². The summed E-state index contributed by atoms with van der Waals surface area (Å²) in [5, 5.41) is 10.6. The Morgan fingerprint density at radius 3 is 2.57 bits per heavy atom. The Hall–Kier alpha value is -1.80. The second kappa shape index (κ2) is 6.31. The largest absolute Gasteiger partial charge is 0.382 e. The number of rotatable bonds is 4. The second-order valence-corrected chi connectivity index (χ2v) is 4.94. The molecule has 1 aliphatic rings. The van der Waals surface area contributed by atoms with Gasteiger partial charge in [0.05, 0.1) is 35.9 Å². The van der Waals surface area contributed by atoms with Crippen LogP contribution in [0, 0.1) is 21.7 Å². The van der Waals surface area contributed by atoms with E-state index in [1.54, 1.807) is 6.92 Å². The van der Waals surface area contributed by atoms with Crippen molar-refractivity contribution < 1.29 is 23.2 Å². The van der Waals surface area contributed by atoms with Crippen LogP contribution < -0.4 is 4.90 Å². The van der Waals surface area contributed by atoms with Crippen molar-refractivity contribution in [1.29, 1.82) is 0 Å². The Balaban J connectivity index is 2.30. The van der Waals surface area contributed by atoms with Gasteiger partial charge in [-0.2, -0.15) is 0 Å². The van der Waals surface area contributed by atoms with Gasteiger partial charge >= 0.3 is 0 Å². The number of halogens is 2. The summed E-state index contributed by atoms with van der Waals surface area (Å²) < 4.78 is 38.7. The van der Waals surface area contributed by atoms with Gasteiger partial charge in [0.25, 0.3) is 5.69 Å². The Morgan fingerprint density at radius 2 is 2.05 bits per heavy atom. The number of non-ortho nitro benzene ring substituents is 1. The van der Waals surface area contributed by atoms with Gasteiger partial charge in [0.15, 0.2) is 11.6 Å². The molecule has 1 aromatic carbocycles. The fraction of sp³-hybridized carbons (Fsp3) is 0.538. The van der Waals surface area contributed by atoms with Crippen LogP contribution in [0.3, 0.4) is 0 Å². The molecule has 116 valence electrons. The summed E-state index contributed by atoms with van der Waals surface area (Å²) in [5.41, 5.74) is -0.875. The molecule has 8 heteroatoms. The van der Waals surface area contributed by atoms with Crippen LogP contribution in [-0.4, -0.2) is 43.9 Å². The van der Waals surface area contributed by atoms with Crippen molar-refractivity contribution in [2.45, 2.75) is 19.1 Å². The first-order chi connectivity index (χ1) is 9.92. The minimum Gasteiger partial charge on any atom is -0.382 e. The molecule has 1 saturated heterocycles. The minimum atomic E-state index is -0.952. The Labute approximate surface area is 120 Å². The molecule has 2 unspecified atom stereocenters. The van der Waals surface area contributed by atoms with E-state index < -0.39 is 22.2 Å². The van der Waals surface area contributed by atoms with Gasteiger partial charge in [0, 0.05) is 20.2 Å². The number of methoxy groups -OCH3 is 1. The van der Waals surface area contributed by atoms with Crippen LogP contribution >= 0.6 is 0 Å². The van der Waals surface area contributed by atoms with Crippen LogP contribution in [0.1, 0.15) is 6.92 Å². The molecule has 0 aromatic heterocycles. The first kappa shape index (κ1) is 15.6. The molecule has 1 heterocycles. The number of anilines is 1. The first-order valence-corrected chi connectivity index (χ1v) is 6.45. The lowest BCUT2D eigenvalue weighted by Gasteiger charge is -2.38. The molecule has 0 bridgehead atoms. The second-order valence-electron chi connectivity index (χ2n) is 4.94. The first-order valence-electron chi connectivity index (χ1n) is 6.45. The smallest absolute Gasteiger partial charge is 0.275 e. The molecule has 0 radical (unpaired) electrons. The summed E-state index contributed by atoms with van der Waals surface area (Å²) in [6, 6.07) is 1.45. The van der Waals surface area contributed by atoms with Crippen molar-refractivity contribution >= 4 is 11.4 Å². The standard InChI is InChI=1S/C13H16F2N2O4/c1-8-5-16(6-10(21-8)7-20-2)13-11(14)3-9(17(18)19)4-12(13)15/h3-4,8,10H,5-7H2,1-2H3. The van der Waals surface area contributed by atoms with Crippen molar-refractivity contribution in [1.82, 2.24) is 0 Å². The van der Waals surface area contributed by atoms with Crippen LogP contribution in [0.2, 0.25) is 0 Å². The molecule has 0 saturated carbocycles. The van der Waals surface area contributed by atoms with E-state index in [4.69, 9.17) is 9.47 Å². The van der Waals surface area contributed by atoms with Crippen LogP contribution in [0.15, 0.2) is 12.1 Å². The molecule has 0 N–H and O–H groups in total. The zero-order valence-corrected chi connectivity index (χ0v) is 11.7. The molecule has 2 rings (SSSR count). The maximum atomic E-state index is 14.0. The van der Waals surface area contributed by atoms with Gasteiger partial charge in [0.2, 0.25) is 0 Å². The van der Waals surface area contributed by atoms with E-state index in [1.165, 1.54) is 12.0 Å². The van der Waals surface area contributed by atoms with Crippen molar-refractivity contribution in [3.63, 3.8) is 0 Å². The number of ether oxygens (including phenoxy) is 2. The number of hydrogen-bond donors (Lipinski definition) is 0. The van der Waals surface area contributed by atoms with Crippen LogP contribution in [0.25, 0.3) is 0 Å². The van der Waals surface area contributed by atoms with Gasteiger partial charge in [0.1, 0.15) is 5.69 Å². The zero-order chi connectivity index (χ0) is 15.6. The zero-order valence-electron chi connectivity index (χ0n) is 11.7. The van der Waals surface area contributed by atoms with Gasteiger partial charge in [-0.25, -0.2) is 8.78 Å². The Kier molecular flexibility index (Phi) is 4.69. The van der Waals surface area contributed by atoms with Gasteiger partial charge in [-0.05, 0) is 6.92 Å². The highest BCUT2D eigenvalue weighted by atomic mass is 19.1. The predicted molar refractivity (Wildman–Crippen MR) is 71.4 cm³/mol. The highest BCUT2D eigenvalue weighted by molar-refractivity contribution is 5.54. The summed E-state index contributed by atoms with van der Waals surface area (Å²) in [4.78, 5) is 11.3. The van der Waals surface area contributed by atoms with Crippen molar-refractivity contribution in [3.8, 4) is 0 Å². The van der Waals surface area contributed by atoms with Crippen LogP contribution in [-0.2, 0) is 9.47 Å². The monoisotopic (exact) mass is 302 g/mol. The van der Waals surface area contributed by atoms with E-state index in [0.29, 0.717) is 13.2 Å². The highest BCUT2D eigenvalue weighted by Crippen LogP contribution is 2.30. The normalized spacial score (nSPS) is 22.4. The Bertz CT molecular complexity index is 518. The third-order valence-corrected chi connectivity index (χ3v) is 3.21. The Morgan fingerprint density at radius 1 is 1.43 bits per heavy atom. The number of nitrogens with zero attached hydrogens (tertiary/aromatic N) is 2. The lowest BCUT2D eigenvalue weighted by molar-refractivity contribution is -0.385. The van der Waals surface area contributed by atoms with E-state index in [0.717, 1.165) is 12.1 Å². The van der Waals surface area contributed by atoms with Crippen molar-refractivity contribution in [2.75, 3.05) is 31.7 Å². The van der Waals surface area contributed by atoms with Crippen molar-refractivity contribution in [2.24, 2.45) is 0 Å². The summed E-state index contributed by atoms with van der Waals surface area (Å²) >= 11 is 0. The predicted octanol–water partition coefficient (Wildman–Crippen LogP) is 2.11. The number of nitro groups is 1. The molecule has 0 aliphatic carbocycles. The maximum absolute atomic E-state index is 14.0. The van der Waals surface area contributed by atoms with Gasteiger partial charge in [-0.3, -0.25) is 10.1 Å². The van der Waals surface area contributed by atoms with Gasteiger partial charge in [-0.1, -0.05) is 0 Å². The van der Waals surface area contributed by atoms with E-state index in [1.807, 2.05) is 0 Å². The molecular weight excluding hydrogens is 286 g/mol. The average molecular weight is 302 g/mol. The lowest BCUT2D eigenvalue weighted by Crippen LogP contribution is -2.48. The molecule has 21 heavy (non-hydrogen) atoms. The number of nitro benzene ring substituents is 1. The molecule has 2 atom stereocenters. The van der Waals surface area contributed by atoms with Gasteiger partial charge < -0.3 is 14.4 Å². The molecule has 1 aromatic rings. The topological polar surface area (TPSA) is 64.8 Å². The molecule has 0 amide bonds. The fourth-order valence-electron chi connectivity index (χ4n) is 2.47. The fourth-order valence-corrected chi connectivity index (χ4v) is 2.47. The van der Waals surface area contributed by atoms with Crippen LogP contribution in [0.4, 0.5) is 20.2 Å². The van der Waals surface area contributed by atoms with E-state index in [2.05, 4.69) is 0 Å². The summed E-state index contributed by atoms with van der Waals surface area (Å²) in [7, 11) is 1.51. The van der Waals surface area contributed by atoms with Crippen LogP contribution in [0.5, 0.6) is 0 Å². The molecule has 0 spiro atoms. The summed E-state index contributed by atoms with van der Waals surface area (Å²) in [6.45, 7) is 2.64. The molecule has 1 aliphatic heterocycles. The maximum Gasteiger partial charge on any atom is 0.275 e. The van der Waals surface area contributed by atoms with E-state index in [-0.39, 0.29) is 24.4 Å². The summed E-state index contributed by atoms with van der Waals surface area (Å²) in [5.74, 6) is -1.90. The highest BCUT2D eigenvalue weighted by Gasteiger charge is 2.30. The molecular formula is C13H16F2N2O4. The number of benzene rings is 1.